The topological polar surface area (TPSA) is 115 Å². The van der Waals surface area contributed by atoms with Crippen molar-refractivity contribution in [2.75, 3.05) is 13.7 Å². The van der Waals surface area contributed by atoms with Gasteiger partial charge in [-0.15, -0.1) is 11.3 Å². The Labute approximate surface area is 187 Å². The molecule has 0 aliphatic carbocycles. The van der Waals surface area contributed by atoms with Crippen LogP contribution in [0.2, 0.25) is 0 Å². The van der Waals surface area contributed by atoms with Crippen molar-refractivity contribution in [2.24, 2.45) is 0 Å². The standard InChI is InChI=1S/C23H21NO7S/c1-30-19-10-14-13(9-20(19)31-6-2-5-22(26)27)8-17(21-4-3-7-32-21)24-12-15(23(28)29)18(25)11-16(14)24/h3-4,7,9-12,17H,2,5-6,8H2,1H3,(H,26,27)(H,28,29). The van der Waals surface area contributed by atoms with Crippen LogP contribution in [0.5, 0.6) is 11.5 Å². The van der Waals surface area contributed by atoms with Crippen LogP contribution >= 0.6 is 11.3 Å². The molecule has 1 aliphatic rings. The average molecular weight is 455 g/mol. The molecule has 0 radical (unpaired) electrons. The largest absolute Gasteiger partial charge is 0.493 e. The van der Waals surface area contributed by atoms with Crippen molar-refractivity contribution in [3.63, 3.8) is 0 Å². The third kappa shape index (κ3) is 4.11. The number of carboxylic acids is 2. The molecular formula is C23H21NO7S. The summed E-state index contributed by atoms with van der Waals surface area (Å²) in [6, 6.07) is 8.72. The van der Waals surface area contributed by atoms with E-state index in [2.05, 4.69) is 0 Å². The lowest BCUT2D eigenvalue weighted by atomic mass is 9.91. The fraction of sp³-hybridized carbons (Fsp3) is 0.261. The van der Waals surface area contributed by atoms with E-state index in [9.17, 15) is 19.5 Å². The first-order chi connectivity index (χ1) is 15.4. The van der Waals surface area contributed by atoms with E-state index in [4.69, 9.17) is 14.6 Å². The van der Waals surface area contributed by atoms with E-state index in [1.54, 1.807) is 17.4 Å². The summed E-state index contributed by atoms with van der Waals surface area (Å²) >= 11 is 1.56. The summed E-state index contributed by atoms with van der Waals surface area (Å²) in [6.07, 6.45) is 2.36. The van der Waals surface area contributed by atoms with Gasteiger partial charge in [0.2, 0.25) is 0 Å². The Morgan fingerprint density at radius 2 is 2.03 bits per heavy atom. The molecule has 0 saturated heterocycles. The number of thiophene rings is 1. The summed E-state index contributed by atoms with van der Waals surface area (Å²) in [5.74, 6) is -1.19. The quantitative estimate of drug-likeness (QED) is 0.498. The number of aromatic nitrogens is 1. The number of rotatable bonds is 8. The van der Waals surface area contributed by atoms with Crippen molar-refractivity contribution in [1.29, 1.82) is 0 Å². The Kier molecular flexibility index (Phi) is 6.00. The number of hydrogen-bond donors (Lipinski definition) is 2. The summed E-state index contributed by atoms with van der Waals surface area (Å²) in [5, 5.41) is 20.2. The Morgan fingerprint density at radius 1 is 1.22 bits per heavy atom. The lowest BCUT2D eigenvalue weighted by Gasteiger charge is -2.31. The number of methoxy groups -OCH3 is 1. The lowest BCUT2D eigenvalue weighted by Crippen LogP contribution is -2.25. The maximum Gasteiger partial charge on any atom is 0.341 e. The lowest BCUT2D eigenvalue weighted by molar-refractivity contribution is -0.137. The highest BCUT2D eigenvalue weighted by Gasteiger charge is 2.29. The number of benzene rings is 1. The minimum absolute atomic E-state index is 0.00983. The van der Waals surface area contributed by atoms with Crippen molar-refractivity contribution in [1.82, 2.24) is 4.57 Å². The van der Waals surface area contributed by atoms with Crippen LogP contribution in [0.15, 0.2) is 46.7 Å². The molecule has 166 valence electrons. The second-order valence-electron chi connectivity index (χ2n) is 7.39. The Hall–Kier alpha value is -3.59. The average Bonchev–Trinajstić information content (AvgIpc) is 3.29. The molecule has 9 heteroatoms. The fourth-order valence-electron chi connectivity index (χ4n) is 3.90. The summed E-state index contributed by atoms with van der Waals surface area (Å²) in [5.41, 5.74) is 1.47. The molecule has 3 heterocycles. The number of carboxylic acid groups (broad SMARTS) is 2. The van der Waals surface area contributed by atoms with Crippen LogP contribution in [0, 0.1) is 0 Å². The van der Waals surface area contributed by atoms with Gasteiger partial charge < -0.3 is 24.3 Å². The molecule has 0 saturated carbocycles. The van der Waals surface area contributed by atoms with E-state index >= 15 is 0 Å². The molecule has 0 amide bonds. The first kappa shape index (κ1) is 21.6. The van der Waals surface area contributed by atoms with E-state index < -0.39 is 17.4 Å². The third-order valence-electron chi connectivity index (χ3n) is 5.39. The number of hydrogen-bond acceptors (Lipinski definition) is 6. The van der Waals surface area contributed by atoms with Gasteiger partial charge in [0.05, 0.1) is 25.5 Å². The molecule has 8 nitrogen and oxygen atoms in total. The molecule has 0 spiro atoms. The van der Waals surface area contributed by atoms with Crippen LogP contribution in [0.4, 0.5) is 0 Å². The second kappa shape index (κ2) is 8.88. The molecule has 4 rings (SSSR count). The number of aliphatic carboxylic acids is 1. The highest BCUT2D eigenvalue weighted by molar-refractivity contribution is 7.10. The Bertz CT molecular complexity index is 1230. The first-order valence-corrected chi connectivity index (χ1v) is 10.9. The molecule has 0 fully saturated rings. The zero-order valence-corrected chi connectivity index (χ0v) is 18.1. The summed E-state index contributed by atoms with van der Waals surface area (Å²) < 4.78 is 13.1. The molecule has 1 aliphatic heterocycles. The number of carbonyl (C=O) groups is 2. The van der Waals surface area contributed by atoms with Crippen molar-refractivity contribution in [3.8, 4) is 22.8 Å². The van der Waals surface area contributed by atoms with Gasteiger partial charge in [0.15, 0.2) is 16.9 Å². The minimum atomic E-state index is -1.26. The monoisotopic (exact) mass is 455 g/mol. The van der Waals surface area contributed by atoms with Crippen LogP contribution in [0.25, 0.3) is 11.3 Å². The van der Waals surface area contributed by atoms with Gasteiger partial charge in [-0.1, -0.05) is 6.07 Å². The van der Waals surface area contributed by atoms with E-state index in [-0.39, 0.29) is 24.6 Å². The third-order valence-corrected chi connectivity index (χ3v) is 6.36. The maximum atomic E-state index is 12.5. The Balaban J connectivity index is 1.80. The number of pyridine rings is 1. The van der Waals surface area contributed by atoms with Crippen LogP contribution in [0.3, 0.4) is 0 Å². The highest BCUT2D eigenvalue weighted by atomic mass is 32.1. The van der Waals surface area contributed by atoms with E-state index in [0.29, 0.717) is 30.0 Å². The number of ether oxygens (including phenoxy) is 2. The van der Waals surface area contributed by atoms with Gasteiger partial charge in [0.25, 0.3) is 0 Å². The number of nitrogens with zero attached hydrogens (tertiary/aromatic N) is 1. The summed E-state index contributed by atoms with van der Waals surface area (Å²) in [7, 11) is 1.50. The Morgan fingerprint density at radius 3 is 2.69 bits per heavy atom. The highest BCUT2D eigenvalue weighted by Crippen LogP contribution is 2.43. The van der Waals surface area contributed by atoms with Gasteiger partial charge in [-0.2, -0.15) is 0 Å². The molecule has 2 N–H and O–H groups in total. The van der Waals surface area contributed by atoms with Gasteiger partial charge in [-0.05, 0) is 42.0 Å². The van der Waals surface area contributed by atoms with Crippen LogP contribution in [0.1, 0.15) is 39.7 Å². The molecule has 0 bridgehead atoms. The van der Waals surface area contributed by atoms with E-state index in [1.165, 1.54) is 19.4 Å². The fourth-order valence-corrected chi connectivity index (χ4v) is 4.72. The summed E-state index contributed by atoms with van der Waals surface area (Å²) in [4.78, 5) is 35.8. The van der Waals surface area contributed by atoms with Crippen LogP contribution < -0.4 is 14.9 Å². The normalized spacial score (nSPS) is 14.3. The first-order valence-electron chi connectivity index (χ1n) is 9.97. The van der Waals surface area contributed by atoms with Gasteiger partial charge in [-0.3, -0.25) is 9.59 Å². The van der Waals surface area contributed by atoms with Crippen molar-refractivity contribution in [3.05, 3.63) is 68.1 Å². The van der Waals surface area contributed by atoms with Gasteiger partial charge in [0, 0.05) is 29.1 Å². The predicted octanol–water partition coefficient (Wildman–Crippen LogP) is 3.67. The molecule has 2 aromatic heterocycles. The smallest absolute Gasteiger partial charge is 0.341 e. The molecule has 3 aromatic rings. The van der Waals surface area contributed by atoms with Crippen molar-refractivity contribution < 1.29 is 29.3 Å². The summed E-state index contributed by atoms with van der Waals surface area (Å²) in [6.45, 7) is 0.230. The van der Waals surface area contributed by atoms with Crippen molar-refractivity contribution in [2.45, 2.75) is 25.3 Å². The van der Waals surface area contributed by atoms with Gasteiger partial charge in [-0.25, -0.2) is 4.79 Å². The molecule has 1 unspecified atom stereocenters. The SMILES string of the molecule is COc1cc2c(cc1OCCCC(=O)O)CC(c1cccs1)n1cc(C(=O)O)c(=O)cc1-2. The predicted molar refractivity (Wildman–Crippen MR) is 118 cm³/mol. The molecule has 1 aromatic carbocycles. The zero-order chi connectivity index (χ0) is 22.8. The molecular weight excluding hydrogens is 434 g/mol. The maximum absolute atomic E-state index is 12.5. The van der Waals surface area contributed by atoms with Gasteiger partial charge >= 0.3 is 11.9 Å². The van der Waals surface area contributed by atoms with E-state index in [0.717, 1.165) is 16.0 Å². The zero-order valence-electron chi connectivity index (χ0n) is 17.2. The number of aromatic carboxylic acids is 1. The van der Waals surface area contributed by atoms with Crippen LogP contribution in [-0.2, 0) is 11.2 Å². The van der Waals surface area contributed by atoms with Gasteiger partial charge in [0.1, 0.15) is 5.56 Å². The second-order valence-corrected chi connectivity index (χ2v) is 8.37. The van der Waals surface area contributed by atoms with Crippen molar-refractivity contribution >= 4 is 23.3 Å². The molecule has 32 heavy (non-hydrogen) atoms. The minimum Gasteiger partial charge on any atom is -0.493 e. The van der Waals surface area contributed by atoms with Crippen LogP contribution in [-0.4, -0.2) is 40.4 Å². The molecule has 1 atom stereocenters. The number of fused-ring (bicyclic) bond motifs is 3. The van der Waals surface area contributed by atoms with E-state index in [1.807, 2.05) is 28.1 Å².